The van der Waals surface area contributed by atoms with Crippen LogP contribution in [0.2, 0.25) is 0 Å². The average Bonchev–Trinajstić information content (AvgIpc) is 2.67. The Balaban J connectivity index is 2.09. The third-order valence-electron chi connectivity index (χ3n) is 3.39. The van der Waals surface area contributed by atoms with Crippen LogP contribution in [0.1, 0.15) is 18.4 Å². The van der Waals surface area contributed by atoms with Crippen molar-refractivity contribution in [2.24, 2.45) is 0 Å². The van der Waals surface area contributed by atoms with Crippen LogP contribution in [0.3, 0.4) is 0 Å². The molecule has 0 saturated heterocycles. The van der Waals surface area contributed by atoms with Crippen molar-refractivity contribution >= 4 is 17.6 Å². The van der Waals surface area contributed by atoms with Gasteiger partial charge in [0.25, 0.3) is 0 Å². The smallest absolute Gasteiger partial charge is 0.151 e. The number of aromatic nitrogens is 2. The van der Waals surface area contributed by atoms with Gasteiger partial charge in [0.2, 0.25) is 0 Å². The molecule has 94 valence electrons. The minimum absolute atomic E-state index is 1.03. The third-order valence-corrected chi connectivity index (χ3v) is 4.19. The standard InChI is InChI=1S/C14H17N3S/c1-18-12-8-3-2-6-10(12)13-11-7-4-5-9-15-14(11)17-16-13/h2-3,6,8H,4-5,7,9H2,1H3,(H2,15,16,17). The zero-order chi connectivity index (χ0) is 12.4. The molecular formula is C14H17N3S. The number of benzene rings is 1. The molecule has 1 aromatic carbocycles. The second kappa shape index (κ2) is 5.06. The van der Waals surface area contributed by atoms with Gasteiger partial charge in [-0.2, -0.15) is 5.10 Å². The van der Waals surface area contributed by atoms with E-state index < -0.39 is 0 Å². The molecule has 0 bridgehead atoms. The molecule has 2 heterocycles. The Morgan fingerprint density at radius 3 is 3.00 bits per heavy atom. The van der Waals surface area contributed by atoms with E-state index >= 15 is 0 Å². The van der Waals surface area contributed by atoms with E-state index in [0.717, 1.165) is 18.8 Å². The highest BCUT2D eigenvalue weighted by Gasteiger charge is 2.18. The van der Waals surface area contributed by atoms with Gasteiger partial charge in [-0.3, -0.25) is 5.10 Å². The molecule has 4 heteroatoms. The molecule has 2 N–H and O–H groups in total. The Hall–Kier alpha value is -1.42. The number of hydrogen-bond donors (Lipinski definition) is 2. The first kappa shape index (κ1) is 11.7. The van der Waals surface area contributed by atoms with Gasteiger partial charge in [0.15, 0.2) is 5.82 Å². The minimum atomic E-state index is 1.03. The Labute approximate surface area is 111 Å². The number of nitrogens with one attached hydrogen (secondary N) is 2. The summed E-state index contributed by atoms with van der Waals surface area (Å²) in [6, 6.07) is 8.51. The lowest BCUT2D eigenvalue weighted by Crippen LogP contribution is -1.99. The van der Waals surface area contributed by atoms with Gasteiger partial charge in [0.05, 0.1) is 5.69 Å². The van der Waals surface area contributed by atoms with Crippen molar-refractivity contribution in [1.82, 2.24) is 10.2 Å². The highest BCUT2D eigenvalue weighted by molar-refractivity contribution is 7.98. The number of aromatic amines is 1. The summed E-state index contributed by atoms with van der Waals surface area (Å²) in [4.78, 5) is 1.30. The second-order valence-corrected chi connectivity index (χ2v) is 5.36. The van der Waals surface area contributed by atoms with E-state index in [9.17, 15) is 0 Å². The number of H-pyrrole nitrogens is 1. The largest absolute Gasteiger partial charge is 0.368 e. The van der Waals surface area contributed by atoms with Crippen LogP contribution in [-0.4, -0.2) is 23.0 Å². The molecule has 1 aliphatic heterocycles. The molecule has 3 rings (SSSR count). The summed E-state index contributed by atoms with van der Waals surface area (Å²) >= 11 is 1.78. The van der Waals surface area contributed by atoms with Crippen LogP contribution in [0, 0.1) is 0 Å². The van der Waals surface area contributed by atoms with Gasteiger partial charge >= 0.3 is 0 Å². The predicted octanol–water partition coefficient (Wildman–Crippen LogP) is 3.55. The van der Waals surface area contributed by atoms with Crippen molar-refractivity contribution in [2.75, 3.05) is 18.1 Å². The fraction of sp³-hybridized carbons (Fsp3) is 0.357. The Bertz CT molecular complexity index is 548. The van der Waals surface area contributed by atoms with Crippen LogP contribution in [0.15, 0.2) is 29.2 Å². The lowest BCUT2D eigenvalue weighted by Gasteiger charge is -2.07. The molecule has 1 aliphatic rings. The van der Waals surface area contributed by atoms with Crippen LogP contribution < -0.4 is 5.32 Å². The topological polar surface area (TPSA) is 40.7 Å². The van der Waals surface area contributed by atoms with Gasteiger partial charge < -0.3 is 5.32 Å². The van der Waals surface area contributed by atoms with Crippen LogP contribution in [0.5, 0.6) is 0 Å². The van der Waals surface area contributed by atoms with Crippen molar-refractivity contribution in [1.29, 1.82) is 0 Å². The van der Waals surface area contributed by atoms with E-state index in [1.165, 1.54) is 34.6 Å². The summed E-state index contributed by atoms with van der Waals surface area (Å²) in [6.45, 7) is 1.03. The highest BCUT2D eigenvalue weighted by Crippen LogP contribution is 2.34. The molecule has 0 saturated carbocycles. The summed E-state index contributed by atoms with van der Waals surface area (Å²) < 4.78 is 0. The van der Waals surface area contributed by atoms with Crippen molar-refractivity contribution in [3.63, 3.8) is 0 Å². The van der Waals surface area contributed by atoms with E-state index in [2.05, 4.69) is 46.0 Å². The fourth-order valence-corrected chi connectivity index (χ4v) is 3.07. The number of fused-ring (bicyclic) bond motifs is 1. The maximum atomic E-state index is 4.42. The van der Waals surface area contributed by atoms with Crippen molar-refractivity contribution in [2.45, 2.75) is 24.2 Å². The van der Waals surface area contributed by atoms with Gasteiger partial charge in [0, 0.05) is 22.6 Å². The van der Waals surface area contributed by atoms with Crippen molar-refractivity contribution in [3.8, 4) is 11.3 Å². The molecule has 0 spiro atoms. The lowest BCUT2D eigenvalue weighted by molar-refractivity contribution is 0.783. The monoisotopic (exact) mass is 259 g/mol. The Morgan fingerprint density at radius 2 is 2.11 bits per heavy atom. The highest BCUT2D eigenvalue weighted by atomic mass is 32.2. The van der Waals surface area contributed by atoms with Gasteiger partial charge in [-0.15, -0.1) is 11.8 Å². The normalized spacial score (nSPS) is 14.7. The number of rotatable bonds is 2. The summed E-state index contributed by atoms with van der Waals surface area (Å²) in [6.07, 6.45) is 5.68. The quantitative estimate of drug-likeness (QED) is 0.810. The predicted molar refractivity (Wildman–Crippen MR) is 77.2 cm³/mol. The minimum Gasteiger partial charge on any atom is -0.368 e. The van der Waals surface area contributed by atoms with Gasteiger partial charge in [-0.1, -0.05) is 18.2 Å². The van der Waals surface area contributed by atoms with Crippen molar-refractivity contribution in [3.05, 3.63) is 29.8 Å². The summed E-state index contributed by atoms with van der Waals surface area (Å²) in [5.41, 5.74) is 3.79. The number of anilines is 1. The molecule has 0 aliphatic carbocycles. The van der Waals surface area contributed by atoms with E-state index in [1.807, 2.05) is 0 Å². The van der Waals surface area contributed by atoms with E-state index in [1.54, 1.807) is 11.8 Å². The van der Waals surface area contributed by atoms with E-state index in [4.69, 9.17) is 0 Å². The summed E-state index contributed by atoms with van der Waals surface area (Å²) in [5, 5.41) is 11.0. The zero-order valence-corrected chi connectivity index (χ0v) is 11.3. The first-order chi connectivity index (χ1) is 8.90. The molecule has 0 amide bonds. The Morgan fingerprint density at radius 1 is 1.22 bits per heavy atom. The molecule has 2 aromatic rings. The molecule has 0 unspecified atom stereocenters. The van der Waals surface area contributed by atoms with Crippen LogP contribution in [0.25, 0.3) is 11.3 Å². The maximum Gasteiger partial charge on any atom is 0.151 e. The lowest BCUT2D eigenvalue weighted by atomic mass is 10.0. The summed E-state index contributed by atoms with van der Waals surface area (Å²) in [5.74, 6) is 1.04. The number of nitrogens with zero attached hydrogens (tertiary/aromatic N) is 1. The summed E-state index contributed by atoms with van der Waals surface area (Å²) in [7, 11) is 0. The first-order valence-corrected chi connectivity index (χ1v) is 7.57. The zero-order valence-electron chi connectivity index (χ0n) is 10.5. The fourth-order valence-electron chi connectivity index (χ4n) is 2.46. The molecule has 0 atom stereocenters. The van der Waals surface area contributed by atoms with Crippen LogP contribution in [0.4, 0.5) is 5.82 Å². The maximum absolute atomic E-state index is 4.42. The van der Waals surface area contributed by atoms with E-state index in [-0.39, 0.29) is 0 Å². The molecule has 1 aromatic heterocycles. The molecular weight excluding hydrogens is 242 g/mol. The van der Waals surface area contributed by atoms with Crippen molar-refractivity contribution < 1.29 is 0 Å². The SMILES string of the molecule is CSc1ccccc1-c1[nH]nc2c1CCCCN2. The Kier molecular flexibility index (Phi) is 3.28. The van der Waals surface area contributed by atoms with E-state index in [0.29, 0.717) is 0 Å². The van der Waals surface area contributed by atoms with Crippen LogP contribution in [-0.2, 0) is 6.42 Å². The molecule has 0 fully saturated rings. The molecule has 18 heavy (non-hydrogen) atoms. The van der Waals surface area contributed by atoms with Gasteiger partial charge in [-0.05, 0) is 31.6 Å². The third kappa shape index (κ3) is 2.01. The van der Waals surface area contributed by atoms with Gasteiger partial charge in [-0.25, -0.2) is 0 Å². The average molecular weight is 259 g/mol. The number of thioether (sulfide) groups is 1. The first-order valence-electron chi connectivity index (χ1n) is 6.34. The van der Waals surface area contributed by atoms with Gasteiger partial charge in [0.1, 0.15) is 0 Å². The second-order valence-electron chi connectivity index (χ2n) is 4.51. The van der Waals surface area contributed by atoms with Crippen LogP contribution >= 0.6 is 11.8 Å². The number of hydrogen-bond acceptors (Lipinski definition) is 3. The molecule has 0 radical (unpaired) electrons. The molecule has 3 nitrogen and oxygen atoms in total.